The molecule has 1 aromatic rings. The molecule has 3 N–H and O–H groups in total. The molecule has 78 valence electrons. The highest BCUT2D eigenvalue weighted by molar-refractivity contribution is 6.30. The summed E-state index contributed by atoms with van der Waals surface area (Å²) in [4.78, 5) is 0. The first kappa shape index (κ1) is 11.5. The minimum Gasteiger partial charge on any atom is -0.391 e. The minimum atomic E-state index is -0.471. The van der Waals surface area contributed by atoms with Crippen LogP contribution in [0.15, 0.2) is 24.3 Å². The van der Waals surface area contributed by atoms with Gasteiger partial charge in [0.15, 0.2) is 0 Å². The molecule has 0 saturated heterocycles. The van der Waals surface area contributed by atoms with E-state index in [9.17, 15) is 5.11 Å². The second-order valence-corrected chi connectivity index (χ2v) is 3.87. The van der Waals surface area contributed by atoms with Gasteiger partial charge in [0.2, 0.25) is 0 Å². The van der Waals surface area contributed by atoms with Crippen LogP contribution in [0.5, 0.6) is 0 Å². The van der Waals surface area contributed by atoms with Gasteiger partial charge < -0.3 is 10.8 Å². The monoisotopic (exact) mass is 213 g/mol. The maximum atomic E-state index is 9.68. The van der Waals surface area contributed by atoms with Crippen LogP contribution >= 0.6 is 11.6 Å². The Kier molecular flexibility index (Phi) is 4.39. The molecule has 0 heterocycles. The molecular formula is C11H16ClNO. The van der Waals surface area contributed by atoms with E-state index in [1.165, 1.54) is 0 Å². The standard InChI is InChI=1S/C11H16ClNO/c1-2-3-10(14)11(13)8-4-6-9(12)7-5-8/h4-7,10-11,14H,2-3,13H2,1H3/t10-,11+/m0/s1. The Balaban J connectivity index is 2.68. The van der Waals surface area contributed by atoms with Crippen molar-refractivity contribution in [2.45, 2.75) is 31.9 Å². The van der Waals surface area contributed by atoms with Gasteiger partial charge in [-0.15, -0.1) is 0 Å². The second kappa shape index (κ2) is 5.35. The van der Waals surface area contributed by atoms with Crippen molar-refractivity contribution in [2.75, 3.05) is 0 Å². The summed E-state index contributed by atoms with van der Waals surface area (Å²) in [6.07, 6.45) is 1.19. The van der Waals surface area contributed by atoms with E-state index < -0.39 is 6.10 Å². The second-order valence-electron chi connectivity index (χ2n) is 3.43. The van der Waals surface area contributed by atoms with Gasteiger partial charge in [-0.3, -0.25) is 0 Å². The number of hydrogen-bond acceptors (Lipinski definition) is 2. The van der Waals surface area contributed by atoms with Gasteiger partial charge >= 0.3 is 0 Å². The zero-order chi connectivity index (χ0) is 10.6. The highest BCUT2D eigenvalue weighted by Crippen LogP contribution is 2.19. The van der Waals surface area contributed by atoms with Gasteiger partial charge in [-0.1, -0.05) is 37.1 Å². The maximum Gasteiger partial charge on any atom is 0.0732 e. The number of rotatable bonds is 4. The van der Waals surface area contributed by atoms with Gasteiger partial charge in [-0.2, -0.15) is 0 Å². The van der Waals surface area contributed by atoms with Crippen LogP contribution in [0.3, 0.4) is 0 Å². The summed E-state index contributed by atoms with van der Waals surface area (Å²) in [7, 11) is 0. The summed E-state index contributed by atoms with van der Waals surface area (Å²) in [5, 5.41) is 10.4. The Bertz CT molecular complexity index is 273. The molecule has 0 saturated carbocycles. The molecule has 0 spiro atoms. The van der Waals surface area contributed by atoms with E-state index >= 15 is 0 Å². The molecule has 0 aliphatic rings. The Morgan fingerprint density at radius 1 is 1.36 bits per heavy atom. The third-order valence-electron chi connectivity index (χ3n) is 2.25. The zero-order valence-corrected chi connectivity index (χ0v) is 9.04. The number of benzene rings is 1. The summed E-state index contributed by atoms with van der Waals surface area (Å²) in [5.41, 5.74) is 6.81. The van der Waals surface area contributed by atoms with Gasteiger partial charge in [-0.05, 0) is 24.1 Å². The third kappa shape index (κ3) is 2.98. The van der Waals surface area contributed by atoms with Crippen molar-refractivity contribution in [1.29, 1.82) is 0 Å². The van der Waals surface area contributed by atoms with Gasteiger partial charge in [0, 0.05) is 5.02 Å². The Labute approximate surface area is 89.7 Å². The van der Waals surface area contributed by atoms with Gasteiger partial charge in [0.05, 0.1) is 12.1 Å². The highest BCUT2D eigenvalue weighted by Gasteiger charge is 2.15. The van der Waals surface area contributed by atoms with Crippen LogP contribution in [0.4, 0.5) is 0 Å². The van der Waals surface area contributed by atoms with E-state index in [4.69, 9.17) is 17.3 Å². The number of nitrogens with two attached hydrogens (primary N) is 1. The quantitative estimate of drug-likeness (QED) is 0.808. The van der Waals surface area contributed by atoms with Crippen molar-refractivity contribution < 1.29 is 5.11 Å². The molecule has 14 heavy (non-hydrogen) atoms. The number of halogens is 1. The minimum absolute atomic E-state index is 0.313. The van der Waals surface area contributed by atoms with E-state index in [0.29, 0.717) is 5.02 Å². The van der Waals surface area contributed by atoms with Crippen LogP contribution in [-0.4, -0.2) is 11.2 Å². The molecule has 0 fully saturated rings. The van der Waals surface area contributed by atoms with Crippen LogP contribution in [0, 0.1) is 0 Å². The fourth-order valence-corrected chi connectivity index (χ4v) is 1.51. The third-order valence-corrected chi connectivity index (χ3v) is 2.51. The molecule has 0 aliphatic heterocycles. The summed E-state index contributed by atoms with van der Waals surface area (Å²) in [6.45, 7) is 2.03. The first-order chi connectivity index (χ1) is 6.65. The fourth-order valence-electron chi connectivity index (χ4n) is 1.38. The summed E-state index contributed by atoms with van der Waals surface area (Å²) in [5.74, 6) is 0. The van der Waals surface area contributed by atoms with Gasteiger partial charge in [0.1, 0.15) is 0 Å². The van der Waals surface area contributed by atoms with Crippen molar-refractivity contribution in [3.05, 3.63) is 34.9 Å². The molecule has 0 bridgehead atoms. The van der Waals surface area contributed by atoms with E-state index in [1.807, 2.05) is 19.1 Å². The average molecular weight is 214 g/mol. The zero-order valence-electron chi connectivity index (χ0n) is 8.28. The molecule has 1 aromatic carbocycles. The van der Waals surface area contributed by atoms with Crippen LogP contribution in [0.2, 0.25) is 5.02 Å². The van der Waals surface area contributed by atoms with E-state index in [1.54, 1.807) is 12.1 Å². The number of hydrogen-bond donors (Lipinski definition) is 2. The maximum absolute atomic E-state index is 9.68. The molecule has 0 amide bonds. The predicted octanol–water partition coefficient (Wildman–Crippen LogP) is 2.50. The fraction of sp³-hybridized carbons (Fsp3) is 0.455. The largest absolute Gasteiger partial charge is 0.391 e. The topological polar surface area (TPSA) is 46.2 Å². The van der Waals surface area contributed by atoms with Crippen LogP contribution < -0.4 is 5.73 Å². The van der Waals surface area contributed by atoms with Crippen molar-refractivity contribution in [1.82, 2.24) is 0 Å². The van der Waals surface area contributed by atoms with Crippen molar-refractivity contribution in [3.63, 3.8) is 0 Å². The SMILES string of the molecule is CCC[C@H](O)[C@H](N)c1ccc(Cl)cc1. The first-order valence-corrected chi connectivity index (χ1v) is 5.22. The van der Waals surface area contributed by atoms with Crippen molar-refractivity contribution >= 4 is 11.6 Å². The number of aliphatic hydroxyl groups excluding tert-OH is 1. The molecule has 3 heteroatoms. The van der Waals surface area contributed by atoms with Crippen molar-refractivity contribution in [3.8, 4) is 0 Å². The lowest BCUT2D eigenvalue weighted by Gasteiger charge is -2.18. The molecule has 2 atom stereocenters. The predicted molar refractivity (Wildman–Crippen MR) is 59.3 cm³/mol. The van der Waals surface area contributed by atoms with Crippen LogP contribution in [0.25, 0.3) is 0 Å². The molecule has 0 aliphatic carbocycles. The summed E-state index contributed by atoms with van der Waals surface area (Å²) < 4.78 is 0. The normalized spacial score (nSPS) is 15.1. The summed E-state index contributed by atoms with van der Waals surface area (Å²) in [6, 6.07) is 6.97. The van der Waals surface area contributed by atoms with Crippen LogP contribution in [-0.2, 0) is 0 Å². The van der Waals surface area contributed by atoms with E-state index in [-0.39, 0.29) is 6.04 Å². The lowest BCUT2D eigenvalue weighted by Crippen LogP contribution is -2.25. The molecule has 2 nitrogen and oxygen atoms in total. The highest BCUT2D eigenvalue weighted by atomic mass is 35.5. The van der Waals surface area contributed by atoms with Gasteiger partial charge in [0.25, 0.3) is 0 Å². The van der Waals surface area contributed by atoms with E-state index in [0.717, 1.165) is 18.4 Å². The molecule has 0 radical (unpaired) electrons. The molecule has 0 aromatic heterocycles. The Morgan fingerprint density at radius 2 is 1.93 bits per heavy atom. The molecular weight excluding hydrogens is 198 g/mol. The average Bonchev–Trinajstić information content (AvgIpc) is 2.18. The number of aliphatic hydroxyl groups is 1. The molecule has 1 rings (SSSR count). The smallest absolute Gasteiger partial charge is 0.0732 e. The lowest BCUT2D eigenvalue weighted by atomic mass is 9.99. The Morgan fingerprint density at radius 3 is 2.43 bits per heavy atom. The van der Waals surface area contributed by atoms with Crippen molar-refractivity contribution in [2.24, 2.45) is 5.73 Å². The van der Waals surface area contributed by atoms with Crippen LogP contribution in [0.1, 0.15) is 31.4 Å². The summed E-state index contributed by atoms with van der Waals surface area (Å²) >= 11 is 5.75. The molecule has 0 unspecified atom stereocenters. The van der Waals surface area contributed by atoms with E-state index in [2.05, 4.69) is 0 Å². The Hall–Kier alpha value is -0.570. The lowest BCUT2D eigenvalue weighted by molar-refractivity contribution is 0.134. The first-order valence-electron chi connectivity index (χ1n) is 4.84. The van der Waals surface area contributed by atoms with Gasteiger partial charge in [-0.25, -0.2) is 0 Å².